The summed E-state index contributed by atoms with van der Waals surface area (Å²) in [6.45, 7) is 2.00. The summed E-state index contributed by atoms with van der Waals surface area (Å²) in [5, 5.41) is 10.8. The lowest BCUT2D eigenvalue weighted by atomic mass is 9.84. The molecule has 0 aromatic heterocycles. The fourth-order valence-corrected chi connectivity index (χ4v) is 2.92. The van der Waals surface area contributed by atoms with Gasteiger partial charge in [-0.25, -0.2) is 0 Å². The van der Waals surface area contributed by atoms with Crippen LogP contribution in [0.25, 0.3) is 0 Å². The summed E-state index contributed by atoms with van der Waals surface area (Å²) in [5.41, 5.74) is 1.87. The topological polar surface area (TPSA) is 63.5 Å². The molecule has 1 saturated carbocycles. The minimum Gasteiger partial charge on any atom is -0.309 e. The van der Waals surface area contributed by atoms with E-state index >= 15 is 0 Å². The number of nitro groups is 1. The third-order valence-electron chi connectivity index (χ3n) is 4.18. The molecule has 1 heterocycles. The predicted molar refractivity (Wildman–Crippen MR) is 71.1 cm³/mol. The number of non-ortho nitro benzene ring substituents is 1. The Morgan fingerprint density at radius 3 is 2.74 bits per heavy atom. The van der Waals surface area contributed by atoms with Gasteiger partial charge in [-0.15, -0.1) is 0 Å². The Morgan fingerprint density at radius 2 is 2.16 bits per heavy atom. The molecule has 0 unspecified atom stereocenters. The molecule has 19 heavy (non-hydrogen) atoms. The lowest BCUT2D eigenvalue weighted by Gasteiger charge is -2.32. The van der Waals surface area contributed by atoms with E-state index in [-0.39, 0.29) is 28.5 Å². The summed E-state index contributed by atoms with van der Waals surface area (Å²) in [4.78, 5) is 24.6. The number of amides is 1. The Kier molecular flexibility index (Phi) is 2.77. The van der Waals surface area contributed by atoms with Gasteiger partial charge in [-0.2, -0.15) is 0 Å². The summed E-state index contributed by atoms with van der Waals surface area (Å²) in [6, 6.07) is 4.90. The first-order chi connectivity index (χ1) is 9.08. The normalized spacial score (nSPS) is 21.9. The largest absolute Gasteiger partial charge is 0.309 e. The Morgan fingerprint density at radius 1 is 1.42 bits per heavy atom. The van der Waals surface area contributed by atoms with Crippen molar-refractivity contribution in [2.75, 3.05) is 4.90 Å². The summed E-state index contributed by atoms with van der Waals surface area (Å²) in [5.74, 6) is 0.343. The van der Waals surface area contributed by atoms with Crippen LogP contribution in [-0.4, -0.2) is 16.9 Å². The van der Waals surface area contributed by atoms with Crippen molar-refractivity contribution in [3.05, 3.63) is 33.9 Å². The fraction of sp³-hybridized carbons (Fsp3) is 0.500. The zero-order valence-corrected chi connectivity index (χ0v) is 10.8. The van der Waals surface area contributed by atoms with Crippen molar-refractivity contribution >= 4 is 17.3 Å². The molecule has 2 aliphatic rings. The zero-order valence-electron chi connectivity index (χ0n) is 10.8. The molecular weight excluding hydrogens is 244 g/mol. The Hall–Kier alpha value is -1.91. The molecule has 100 valence electrons. The molecule has 0 N–H and O–H groups in total. The second kappa shape index (κ2) is 4.33. The number of fused-ring (bicyclic) bond motifs is 1. The molecule has 1 amide bonds. The number of carbonyl (C=O) groups is 1. The fourth-order valence-electron chi connectivity index (χ4n) is 2.92. The first-order valence-electron chi connectivity index (χ1n) is 6.68. The van der Waals surface area contributed by atoms with Crippen LogP contribution in [0.15, 0.2) is 18.2 Å². The summed E-state index contributed by atoms with van der Waals surface area (Å²) < 4.78 is 0. The molecule has 1 aliphatic heterocycles. The van der Waals surface area contributed by atoms with E-state index in [1.165, 1.54) is 6.07 Å². The average Bonchev–Trinajstić information content (AvgIpc) is 2.61. The van der Waals surface area contributed by atoms with Gasteiger partial charge in [0.2, 0.25) is 5.91 Å². The first-order valence-corrected chi connectivity index (χ1v) is 6.68. The van der Waals surface area contributed by atoms with Crippen LogP contribution in [0.1, 0.15) is 31.7 Å². The Bertz CT molecular complexity index is 552. The highest BCUT2D eigenvalue weighted by Gasteiger charge is 2.37. The molecule has 0 bridgehead atoms. The average molecular weight is 260 g/mol. The Balaban J connectivity index is 1.93. The van der Waals surface area contributed by atoms with Gasteiger partial charge in [0.15, 0.2) is 0 Å². The molecule has 1 atom stereocenters. The molecule has 5 heteroatoms. The zero-order chi connectivity index (χ0) is 13.6. The van der Waals surface area contributed by atoms with Crippen molar-refractivity contribution in [1.82, 2.24) is 0 Å². The molecule has 1 fully saturated rings. The van der Waals surface area contributed by atoms with Gasteiger partial charge in [0.25, 0.3) is 5.69 Å². The number of nitrogens with zero attached hydrogens (tertiary/aromatic N) is 2. The first kappa shape index (κ1) is 12.1. The molecule has 0 spiro atoms. The van der Waals surface area contributed by atoms with E-state index in [1.807, 2.05) is 11.8 Å². The number of hydrogen-bond acceptors (Lipinski definition) is 3. The monoisotopic (exact) mass is 260 g/mol. The highest BCUT2D eigenvalue weighted by atomic mass is 16.6. The molecule has 5 nitrogen and oxygen atoms in total. The molecule has 1 aromatic carbocycles. The summed E-state index contributed by atoms with van der Waals surface area (Å²) in [7, 11) is 0. The van der Waals surface area contributed by atoms with E-state index in [4.69, 9.17) is 0 Å². The maximum atomic E-state index is 12.4. The smallest absolute Gasteiger partial charge is 0.269 e. The number of rotatable bonds is 2. The van der Waals surface area contributed by atoms with Gasteiger partial charge in [0.05, 0.1) is 4.92 Å². The number of hydrogen-bond donors (Lipinski definition) is 0. The lowest BCUT2D eigenvalue weighted by Crippen LogP contribution is -2.42. The summed E-state index contributed by atoms with van der Waals surface area (Å²) in [6.07, 6.45) is 3.79. The van der Waals surface area contributed by atoms with Crippen LogP contribution in [0, 0.1) is 16.0 Å². The van der Waals surface area contributed by atoms with Crippen LogP contribution in [0.4, 0.5) is 11.4 Å². The van der Waals surface area contributed by atoms with E-state index in [1.54, 1.807) is 12.1 Å². The van der Waals surface area contributed by atoms with Crippen LogP contribution >= 0.6 is 0 Å². The van der Waals surface area contributed by atoms with Crippen LogP contribution in [-0.2, 0) is 11.2 Å². The number of nitro benzene ring substituents is 1. The lowest BCUT2D eigenvalue weighted by molar-refractivity contribution is -0.384. The molecule has 3 rings (SSSR count). The van der Waals surface area contributed by atoms with Crippen molar-refractivity contribution < 1.29 is 9.72 Å². The van der Waals surface area contributed by atoms with Gasteiger partial charge in [0, 0.05) is 29.8 Å². The SMILES string of the molecule is C[C@@H]1Cc2cc([N+](=O)[O-])ccc2N1C(=O)C1CCC1. The van der Waals surface area contributed by atoms with Gasteiger partial charge in [-0.05, 0) is 37.8 Å². The van der Waals surface area contributed by atoms with Crippen LogP contribution in [0.5, 0.6) is 0 Å². The van der Waals surface area contributed by atoms with E-state index in [0.717, 1.165) is 30.5 Å². The van der Waals surface area contributed by atoms with Crippen LogP contribution in [0.2, 0.25) is 0 Å². The predicted octanol–water partition coefficient (Wildman–Crippen LogP) is 2.67. The molecule has 1 aliphatic carbocycles. The van der Waals surface area contributed by atoms with Gasteiger partial charge >= 0.3 is 0 Å². The molecule has 0 radical (unpaired) electrons. The number of carbonyl (C=O) groups excluding carboxylic acids is 1. The van der Waals surface area contributed by atoms with Crippen molar-refractivity contribution in [3.8, 4) is 0 Å². The van der Waals surface area contributed by atoms with Crippen molar-refractivity contribution in [1.29, 1.82) is 0 Å². The standard InChI is InChI=1S/C14H16N2O3/c1-9-7-11-8-12(16(18)19)5-6-13(11)15(9)14(17)10-3-2-4-10/h5-6,8-10H,2-4,7H2,1H3/t9-/m1/s1. The van der Waals surface area contributed by atoms with E-state index in [2.05, 4.69) is 0 Å². The number of anilines is 1. The summed E-state index contributed by atoms with van der Waals surface area (Å²) >= 11 is 0. The Labute approximate surface area is 111 Å². The second-order valence-corrected chi connectivity index (χ2v) is 5.46. The van der Waals surface area contributed by atoms with Gasteiger partial charge in [-0.1, -0.05) is 6.42 Å². The highest BCUT2D eigenvalue weighted by Crippen LogP contribution is 2.38. The maximum absolute atomic E-state index is 12.4. The van der Waals surface area contributed by atoms with Crippen molar-refractivity contribution in [2.24, 2.45) is 5.92 Å². The van der Waals surface area contributed by atoms with Crippen molar-refractivity contribution in [3.63, 3.8) is 0 Å². The molecule has 0 saturated heterocycles. The van der Waals surface area contributed by atoms with Crippen LogP contribution in [0.3, 0.4) is 0 Å². The van der Waals surface area contributed by atoms with E-state index in [0.29, 0.717) is 6.42 Å². The minimum absolute atomic E-state index is 0.101. The highest BCUT2D eigenvalue weighted by molar-refractivity contribution is 5.98. The third-order valence-corrected chi connectivity index (χ3v) is 4.18. The molecular formula is C14H16N2O3. The molecule has 1 aromatic rings. The van der Waals surface area contributed by atoms with E-state index < -0.39 is 0 Å². The van der Waals surface area contributed by atoms with Crippen molar-refractivity contribution in [2.45, 2.75) is 38.6 Å². The van der Waals surface area contributed by atoms with Gasteiger partial charge in [0.1, 0.15) is 0 Å². The van der Waals surface area contributed by atoms with Gasteiger partial charge < -0.3 is 4.90 Å². The minimum atomic E-state index is -0.388. The van der Waals surface area contributed by atoms with E-state index in [9.17, 15) is 14.9 Å². The third kappa shape index (κ3) is 1.89. The quantitative estimate of drug-likeness (QED) is 0.606. The maximum Gasteiger partial charge on any atom is 0.269 e. The van der Waals surface area contributed by atoms with Gasteiger partial charge in [-0.3, -0.25) is 14.9 Å². The second-order valence-electron chi connectivity index (χ2n) is 5.46. The number of benzene rings is 1. The van der Waals surface area contributed by atoms with Crippen LogP contribution < -0.4 is 4.90 Å².